The van der Waals surface area contributed by atoms with Crippen molar-refractivity contribution in [2.24, 2.45) is 11.7 Å². The van der Waals surface area contributed by atoms with Gasteiger partial charge in [0.2, 0.25) is 0 Å². The maximum atomic E-state index is 13.0. The van der Waals surface area contributed by atoms with Gasteiger partial charge in [0.25, 0.3) is 0 Å². The van der Waals surface area contributed by atoms with Crippen LogP contribution in [-0.4, -0.2) is 24.5 Å². The first-order valence-corrected chi connectivity index (χ1v) is 6.05. The number of hydrogen-bond acceptors (Lipinski definition) is 2. The number of hydrogen-bond donors (Lipinski definition) is 1. The molecule has 2 nitrogen and oxygen atoms in total. The van der Waals surface area contributed by atoms with Gasteiger partial charge in [-0.05, 0) is 49.5 Å². The highest BCUT2D eigenvalue weighted by Gasteiger charge is 2.21. The van der Waals surface area contributed by atoms with Crippen LogP contribution >= 0.6 is 0 Å². The van der Waals surface area contributed by atoms with Crippen molar-refractivity contribution in [1.82, 2.24) is 4.90 Å². The molecule has 1 aliphatic rings. The second-order valence-electron chi connectivity index (χ2n) is 4.74. The molecule has 0 amide bonds. The van der Waals surface area contributed by atoms with Crippen molar-refractivity contribution in [1.29, 1.82) is 0 Å². The zero-order chi connectivity index (χ0) is 12.3. The Morgan fingerprint density at radius 3 is 2.59 bits per heavy atom. The van der Waals surface area contributed by atoms with Gasteiger partial charge in [0.1, 0.15) is 11.6 Å². The monoisotopic (exact) mass is 240 g/mol. The molecule has 0 aromatic heterocycles. The third-order valence-electron chi connectivity index (χ3n) is 3.27. The second-order valence-corrected chi connectivity index (χ2v) is 4.74. The van der Waals surface area contributed by atoms with Gasteiger partial charge in [-0.2, -0.15) is 0 Å². The van der Waals surface area contributed by atoms with E-state index in [2.05, 4.69) is 4.90 Å². The first-order chi connectivity index (χ1) is 8.17. The first kappa shape index (κ1) is 12.5. The standard InChI is InChI=1S/C13H18F2N2/c14-12-5-11(6-13(15)7-12)9-17-4-2-10(8-17)1-3-16/h5-7,10H,1-4,8-9,16H2. The second kappa shape index (κ2) is 5.56. The summed E-state index contributed by atoms with van der Waals surface area (Å²) in [5.41, 5.74) is 6.23. The highest BCUT2D eigenvalue weighted by molar-refractivity contribution is 5.17. The fraction of sp³-hybridized carbons (Fsp3) is 0.538. The van der Waals surface area contributed by atoms with Gasteiger partial charge < -0.3 is 5.73 Å². The molecule has 4 heteroatoms. The van der Waals surface area contributed by atoms with Crippen LogP contribution in [0.2, 0.25) is 0 Å². The molecule has 0 saturated carbocycles. The maximum Gasteiger partial charge on any atom is 0.126 e. The Morgan fingerprint density at radius 1 is 1.24 bits per heavy atom. The molecule has 2 N–H and O–H groups in total. The van der Waals surface area contributed by atoms with Crippen LogP contribution in [0.5, 0.6) is 0 Å². The molecule has 1 atom stereocenters. The van der Waals surface area contributed by atoms with Crippen LogP contribution in [0, 0.1) is 17.6 Å². The first-order valence-electron chi connectivity index (χ1n) is 6.05. The van der Waals surface area contributed by atoms with Gasteiger partial charge in [0, 0.05) is 19.2 Å². The molecule has 0 bridgehead atoms. The van der Waals surface area contributed by atoms with E-state index in [1.165, 1.54) is 12.1 Å². The summed E-state index contributed by atoms with van der Waals surface area (Å²) in [6.07, 6.45) is 2.17. The normalized spacial score (nSPS) is 21.0. The lowest BCUT2D eigenvalue weighted by atomic mass is 10.1. The predicted octanol–water partition coefficient (Wildman–Crippen LogP) is 2.14. The van der Waals surface area contributed by atoms with Crippen molar-refractivity contribution in [2.75, 3.05) is 19.6 Å². The van der Waals surface area contributed by atoms with E-state index in [1.54, 1.807) is 0 Å². The molecule has 1 aromatic rings. The molecule has 94 valence electrons. The number of benzene rings is 1. The number of nitrogens with two attached hydrogens (primary N) is 1. The van der Waals surface area contributed by atoms with Gasteiger partial charge in [-0.3, -0.25) is 4.90 Å². The van der Waals surface area contributed by atoms with Crippen LogP contribution in [0.25, 0.3) is 0 Å². The number of nitrogens with zero attached hydrogens (tertiary/aromatic N) is 1. The number of likely N-dealkylation sites (tertiary alicyclic amines) is 1. The van der Waals surface area contributed by atoms with Gasteiger partial charge in [-0.1, -0.05) is 0 Å². The Morgan fingerprint density at radius 2 is 1.94 bits per heavy atom. The molecule has 2 rings (SSSR count). The molecule has 1 saturated heterocycles. The average Bonchev–Trinajstić information content (AvgIpc) is 2.64. The molecule has 17 heavy (non-hydrogen) atoms. The highest BCUT2D eigenvalue weighted by atomic mass is 19.1. The van der Waals surface area contributed by atoms with E-state index in [9.17, 15) is 8.78 Å². The van der Waals surface area contributed by atoms with E-state index in [-0.39, 0.29) is 0 Å². The average molecular weight is 240 g/mol. The van der Waals surface area contributed by atoms with Crippen molar-refractivity contribution in [2.45, 2.75) is 19.4 Å². The van der Waals surface area contributed by atoms with Crippen molar-refractivity contribution in [3.05, 3.63) is 35.4 Å². The Balaban J connectivity index is 1.93. The predicted molar refractivity (Wildman–Crippen MR) is 63.4 cm³/mol. The van der Waals surface area contributed by atoms with Crippen LogP contribution < -0.4 is 5.73 Å². The Bertz CT molecular complexity index is 361. The van der Waals surface area contributed by atoms with Crippen LogP contribution in [0.1, 0.15) is 18.4 Å². The van der Waals surface area contributed by atoms with Gasteiger partial charge >= 0.3 is 0 Å². The van der Waals surface area contributed by atoms with Gasteiger partial charge in [0.05, 0.1) is 0 Å². The largest absolute Gasteiger partial charge is 0.330 e. The Kier molecular flexibility index (Phi) is 4.07. The molecular formula is C13H18F2N2. The van der Waals surface area contributed by atoms with Crippen molar-refractivity contribution < 1.29 is 8.78 Å². The summed E-state index contributed by atoms with van der Waals surface area (Å²) in [7, 11) is 0. The van der Waals surface area contributed by atoms with Crippen molar-refractivity contribution >= 4 is 0 Å². The van der Waals surface area contributed by atoms with Crippen LogP contribution in [0.4, 0.5) is 8.78 Å². The molecule has 0 radical (unpaired) electrons. The lowest BCUT2D eigenvalue weighted by Crippen LogP contribution is -2.21. The third-order valence-corrected chi connectivity index (χ3v) is 3.27. The summed E-state index contributed by atoms with van der Waals surface area (Å²) in [6.45, 7) is 3.31. The van der Waals surface area contributed by atoms with Crippen LogP contribution in [0.3, 0.4) is 0 Å². The summed E-state index contributed by atoms with van der Waals surface area (Å²) >= 11 is 0. The van der Waals surface area contributed by atoms with Crippen LogP contribution in [0.15, 0.2) is 18.2 Å². The minimum Gasteiger partial charge on any atom is -0.330 e. The Labute approximate surface area is 100 Å². The minimum atomic E-state index is -0.502. The topological polar surface area (TPSA) is 29.3 Å². The molecule has 1 unspecified atom stereocenters. The quantitative estimate of drug-likeness (QED) is 0.873. The fourth-order valence-electron chi connectivity index (χ4n) is 2.49. The van der Waals surface area contributed by atoms with Gasteiger partial charge in [0.15, 0.2) is 0 Å². The lowest BCUT2D eigenvalue weighted by molar-refractivity contribution is 0.313. The molecule has 1 aromatic carbocycles. The number of rotatable bonds is 4. The minimum absolute atomic E-state index is 0.502. The number of halogens is 2. The zero-order valence-electron chi connectivity index (χ0n) is 9.83. The van der Waals surface area contributed by atoms with Gasteiger partial charge in [-0.15, -0.1) is 0 Å². The lowest BCUT2D eigenvalue weighted by Gasteiger charge is -2.16. The SMILES string of the molecule is NCCC1CCN(Cc2cc(F)cc(F)c2)C1. The van der Waals surface area contributed by atoms with E-state index in [0.717, 1.165) is 32.0 Å². The fourth-order valence-corrected chi connectivity index (χ4v) is 2.49. The smallest absolute Gasteiger partial charge is 0.126 e. The zero-order valence-corrected chi connectivity index (χ0v) is 9.83. The molecule has 1 aliphatic heterocycles. The molecule has 0 spiro atoms. The van der Waals surface area contributed by atoms with E-state index in [0.29, 0.717) is 24.6 Å². The molecular weight excluding hydrogens is 222 g/mol. The van der Waals surface area contributed by atoms with Crippen molar-refractivity contribution in [3.63, 3.8) is 0 Å². The molecule has 1 fully saturated rings. The summed E-state index contributed by atoms with van der Waals surface area (Å²) in [5.74, 6) is -0.367. The van der Waals surface area contributed by atoms with E-state index in [4.69, 9.17) is 5.73 Å². The van der Waals surface area contributed by atoms with E-state index < -0.39 is 11.6 Å². The summed E-state index contributed by atoms with van der Waals surface area (Å²) in [5, 5.41) is 0. The van der Waals surface area contributed by atoms with E-state index >= 15 is 0 Å². The Hall–Kier alpha value is -1.00. The van der Waals surface area contributed by atoms with E-state index in [1.807, 2.05) is 0 Å². The van der Waals surface area contributed by atoms with Gasteiger partial charge in [-0.25, -0.2) is 8.78 Å². The summed E-state index contributed by atoms with van der Waals surface area (Å²) in [6, 6.07) is 3.71. The molecule has 1 heterocycles. The van der Waals surface area contributed by atoms with Crippen LogP contribution in [-0.2, 0) is 6.54 Å². The maximum absolute atomic E-state index is 13.0. The van der Waals surface area contributed by atoms with Crippen molar-refractivity contribution in [3.8, 4) is 0 Å². The summed E-state index contributed by atoms with van der Waals surface area (Å²) < 4.78 is 26.0. The summed E-state index contributed by atoms with van der Waals surface area (Å²) in [4.78, 5) is 2.23. The highest BCUT2D eigenvalue weighted by Crippen LogP contribution is 2.21. The third kappa shape index (κ3) is 3.48. The molecule has 0 aliphatic carbocycles.